The van der Waals surface area contributed by atoms with Crippen LogP contribution in [0.4, 0.5) is 28.4 Å². The number of azo groups is 1. The van der Waals surface area contributed by atoms with Gasteiger partial charge < -0.3 is 20.7 Å². The summed E-state index contributed by atoms with van der Waals surface area (Å²) in [7, 11) is -9.02. The Morgan fingerprint density at radius 1 is 1.02 bits per heavy atom. The van der Waals surface area contributed by atoms with E-state index >= 15 is 0 Å². The van der Waals surface area contributed by atoms with Crippen molar-refractivity contribution in [2.45, 2.75) is 23.1 Å². The number of aromatic hydroxyl groups is 1. The van der Waals surface area contributed by atoms with Crippen molar-refractivity contribution in [3.05, 3.63) is 72.8 Å². The Bertz CT molecular complexity index is 1910. The number of phenols is 1. The molecular formula is C27H25ClN5NaO7S2. The fourth-order valence-electron chi connectivity index (χ4n) is 4.16. The first-order valence-corrected chi connectivity index (χ1v) is 15.8. The molecule has 0 aliphatic heterocycles. The Morgan fingerprint density at radius 3 is 2.33 bits per heavy atom. The zero-order chi connectivity index (χ0) is 30.7. The summed E-state index contributed by atoms with van der Waals surface area (Å²) in [4.78, 5) is 11.0. The zero-order valence-electron chi connectivity index (χ0n) is 23.1. The predicted molar refractivity (Wildman–Crippen MR) is 159 cm³/mol. The number of halogens is 1. The standard InChI is InChI=1S/C27H26ClN5O7S2.Na/c1-2-33(19-10-8-18(9-11-19)30-25(35)13-14-28)41(36,37)24-6-4-3-5-22(24)31-32-27-21(29)12-7-17-15-20(42(38,39)40)16-23(34)26(17)27;/h3-12,15-16,34H,2,13-14,29H2,1H3,(H,30,35)(H,38,39,40);/q;+1/p-1. The van der Waals surface area contributed by atoms with Gasteiger partial charge in [-0.1, -0.05) is 18.2 Å². The molecule has 4 rings (SSSR count). The van der Waals surface area contributed by atoms with Gasteiger partial charge in [0.05, 0.1) is 21.7 Å². The first-order valence-electron chi connectivity index (χ1n) is 12.4. The van der Waals surface area contributed by atoms with Gasteiger partial charge in [-0.3, -0.25) is 9.10 Å². The van der Waals surface area contributed by atoms with Crippen LogP contribution in [-0.4, -0.2) is 44.8 Å². The third-order valence-electron chi connectivity index (χ3n) is 6.10. The van der Waals surface area contributed by atoms with Crippen LogP contribution in [0.5, 0.6) is 5.75 Å². The predicted octanol–water partition coefficient (Wildman–Crippen LogP) is 2.23. The Hall–Kier alpha value is -3.24. The molecule has 0 aromatic heterocycles. The molecule has 16 heteroatoms. The normalized spacial score (nSPS) is 11.8. The molecule has 0 aliphatic carbocycles. The molecular weight excluding hydrogens is 629 g/mol. The van der Waals surface area contributed by atoms with Crippen LogP contribution >= 0.6 is 11.6 Å². The number of hydrogen-bond donors (Lipinski definition) is 3. The van der Waals surface area contributed by atoms with E-state index in [0.29, 0.717) is 11.4 Å². The number of nitrogens with two attached hydrogens (primary N) is 1. The van der Waals surface area contributed by atoms with E-state index in [0.717, 1.165) is 16.4 Å². The zero-order valence-corrected chi connectivity index (χ0v) is 27.4. The fraction of sp³-hybridized carbons (Fsp3) is 0.148. The molecule has 0 fully saturated rings. The number of nitrogens with one attached hydrogen (secondary N) is 1. The van der Waals surface area contributed by atoms with E-state index < -0.39 is 30.8 Å². The van der Waals surface area contributed by atoms with Crippen LogP contribution in [0.2, 0.25) is 0 Å². The van der Waals surface area contributed by atoms with Crippen molar-refractivity contribution < 1.29 is 60.8 Å². The van der Waals surface area contributed by atoms with Gasteiger partial charge in [-0.05, 0) is 66.9 Å². The topological polar surface area (TPSA) is 195 Å². The maximum Gasteiger partial charge on any atom is 1.00 e. The molecule has 0 heterocycles. The molecule has 0 atom stereocenters. The van der Waals surface area contributed by atoms with Gasteiger partial charge in [-0.2, -0.15) is 0 Å². The summed E-state index contributed by atoms with van der Waals surface area (Å²) in [6, 6.07) is 16.8. The van der Waals surface area contributed by atoms with Gasteiger partial charge >= 0.3 is 29.6 Å². The number of carbonyl (C=O) groups excluding carboxylic acids is 1. The molecule has 0 saturated heterocycles. The molecule has 0 bridgehead atoms. The van der Waals surface area contributed by atoms with Crippen molar-refractivity contribution >= 4 is 76.9 Å². The number of amides is 1. The average molecular weight is 654 g/mol. The van der Waals surface area contributed by atoms with Crippen LogP contribution in [0.3, 0.4) is 0 Å². The van der Waals surface area contributed by atoms with Crippen LogP contribution in [0.15, 0.2) is 92.8 Å². The number of anilines is 3. The number of nitrogen functional groups attached to an aromatic ring is 1. The molecule has 43 heavy (non-hydrogen) atoms. The Labute approximate surface area is 275 Å². The van der Waals surface area contributed by atoms with Crippen LogP contribution in [0.25, 0.3) is 10.8 Å². The number of sulfonamides is 1. The third-order valence-corrected chi connectivity index (χ3v) is 9.05. The first kappa shape index (κ1) is 34.3. The number of alkyl halides is 1. The second-order valence-corrected chi connectivity index (χ2v) is 12.5. The number of hydrogen-bond acceptors (Lipinski definition) is 10. The van der Waals surface area contributed by atoms with Gasteiger partial charge in [0.2, 0.25) is 5.91 Å². The van der Waals surface area contributed by atoms with Gasteiger partial charge in [-0.15, -0.1) is 21.8 Å². The molecule has 1 amide bonds. The summed E-state index contributed by atoms with van der Waals surface area (Å²) in [6.45, 7) is 1.73. The largest absolute Gasteiger partial charge is 1.00 e. The number of fused-ring (bicyclic) bond motifs is 1. The first-order chi connectivity index (χ1) is 19.9. The molecule has 4 aromatic rings. The van der Waals surface area contributed by atoms with E-state index in [1.54, 1.807) is 37.3 Å². The molecule has 0 unspecified atom stereocenters. The van der Waals surface area contributed by atoms with Gasteiger partial charge in [0.15, 0.2) is 0 Å². The van der Waals surface area contributed by atoms with E-state index in [2.05, 4.69) is 15.5 Å². The van der Waals surface area contributed by atoms with Gasteiger partial charge in [0.1, 0.15) is 32.1 Å². The van der Waals surface area contributed by atoms with Crippen LogP contribution in [-0.2, 0) is 24.9 Å². The Morgan fingerprint density at radius 2 is 1.70 bits per heavy atom. The van der Waals surface area contributed by atoms with E-state index in [1.807, 2.05) is 0 Å². The molecule has 12 nitrogen and oxygen atoms in total. The SMILES string of the molecule is CCN(c1ccc(NC(=O)CCCl)cc1)S(=O)(=O)c1ccccc1N=Nc1c(N)ccc2cc(S(=O)(=O)[O-])cc(O)c12.[Na+]. The second kappa shape index (κ2) is 14.0. The second-order valence-electron chi connectivity index (χ2n) is 8.87. The molecule has 220 valence electrons. The maximum absolute atomic E-state index is 13.8. The molecule has 0 spiro atoms. The summed E-state index contributed by atoms with van der Waals surface area (Å²) < 4.78 is 63.2. The monoisotopic (exact) mass is 653 g/mol. The minimum Gasteiger partial charge on any atom is -0.744 e. The van der Waals surface area contributed by atoms with Gasteiger partial charge in [0, 0.05) is 24.5 Å². The quantitative estimate of drug-likeness (QED) is 0.0762. The molecule has 0 aliphatic rings. The minimum absolute atomic E-state index is 0. The minimum atomic E-state index is -4.85. The van der Waals surface area contributed by atoms with E-state index in [9.17, 15) is 31.3 Å². The number of rotatable bonds is 10. The van der Waals surface area contributed by atoms with Crippen molar-refractivity contribution in [3.63, 3.8) is 0 Å². The van der Waals surface area contributed by atoms with Crippen molar-refractivity contribution in [2.75, 3.05) is 27.8 Å². The van der Waals surface area contributed by atoms with Crippen LogP contribution in [0, 0.1) is 0 Å². The fourth-order valence-corrected chi connectivity index (χ4v) is 6.46. The van der Waals surface area contributed by atoms with Crippen molar-refractivity contribution in [3.8, 4) is 5.75 Å². The van der Waals surface area contributed by atoms with Crippen molar-refractivity contribution in [1.82, 2.24) is 0 Å². The Kier molecular flexibility index (Phi) is 11.2. The number of nitrogens with zero attached hydrogens (tertiary/aromatic N) is 3. The number of phenolic OH excluding ortho intramolecular Hbond substituents is 1. The molecule has 4 N–H and O–H groups in total. The summed E-state index contributed by atoms with van der Waals surface area (Å²) in [5.74, 6) is -0.666. The summed E-state index contributed by atoms with van der Waals surface area (Å²) in [5.41, 5.74) is 6.87. The maximum atomic E-state index is 13.8. The molecule has 0 radical (unpaired) electrons. The van der Waals surface area contributed by atoms with Crippen molar-refractivity contribution in [1.29, 1.82) is 0 Å². The van der Waals surface area contributed by atoms with Crippen LogP contribution < -0.4 is 44.9 Å². The van der Waals surface area contributed by atoms with E-state index in [-0.39, 0.29) is 87.0 Å². The smallest absolute Gasteiger partial charge is 0.744 e. The van der Waals surface area contributed by atoms with Gasteiger partial charge in [0.25, 0.3) is 10.0 Å². The average Bonchev–Trinajstić information content (AvgIpc) is 2.93. The van der Waals surface area contributed by atoms with E-state index in [1.165, 1.54) is 30.3 Å². The van der Waals surface area contributed by atoms with Crippen LogP contribution in [0.1, 0.15) is 13.3 Å². The van der Waals surface area contributed by atoms with E-state index in [4.69, 9.17) is 17.3 Å². The summed E-state index contributed by atoms with van der Waals surface area (Å²) in [5, 5.41) is 21.7. The third kappa shape index (κ3) is 7.65. The molecule has 0 saturated carbocycles. The number of benzene rings is 4. The summed E-state index contributed by atoms with van der Waals surface area (Å²) >= 11 is 5.59. The summed E-state index contributed by atoms with van der Waals surface area (Å²) in [6.07, 6.45) is 0.136. The van der Waals surface area contributed by atoms with Crippen molar-refractivity contribution in [2.24, 2.45) is 10.2 Å². The van der Waals surface area contributed by atoms with Gasteiger partial charge in [-0.25, -0.2) is 16.8 Å². The molecule has 4 aromatic carbocycles. The Balaban J connectivity index is 0.00000506. The number of carbonyl (C=O) groups is 1.